The van der Waals surface area contributed by atoms with Crippen molar-refractivity contribution in [2.24, 2.45) is 4.99 Å². The number of nitrogens with zero attached hydrogens (tertiary/aromatic N) is 2. The number of aromatic nitrogens is 1. The van der Waals surface area contributed by atoms with E-state index >= 15 is 0 Å². The predicted molar refractivity (Wildman–Crippen MR) is 113 cm³/mol. The van der Waals surface area contributed by atoms with Crippen LogP contribution in [0.5, 0.6) is 0 Å². The monoisotopic (exact) mass is 478 g/mol. The van der Waals surface area contributed by atoms with Crippen LogP contribution in [0.3, 0.4) is 0 Å². The fourth-order valence-corrected chi connectivity index (χ4v) is 3.05. The van der Waals surface area contributed by atoms with Crippen LogP contribution in [0.25, 0.3) is 0 Å². The predicted octanol–water partition coefficient (Wildman–Crippen LogP) is 2.94. The van der Waals surface area contributed by atoms with Crippen LogP contribution in [0.1, 0.15) is 21.3 Å². The van der Waals surface area contributed by atoms with Crippen LogP contribution in [0.15, 0.2) is 27.8 Å². The molecule has 0 aromatic carbocycles. The molecule has 0 radical (unpaired) electrons. The molecule has 8 heteroatoms. The van der Waals surface area contributed by atoms with E-state index in [1.54, 1.807) is 24.7 Å². The maximum Gasteiger partial charge on any atom is 0.191 e. The van der Waals surface area contributed by atoms with E-state index in [9.17, 15) is 0 Å². The maximum absolute atomic E-state index is 5.34. The number of furan rings is 1. The largest absolute Gasteiger partial charge is 0.469 e. The third-order valence-corrected chi connectivity index (χ3v) is 4.65. The molecule has 25 heavy (non-hydrogen) atoms. The number of rotatable bonds is 9. The summed E-state index contributed by atoms with van der Waals surface area (Å²) >= 11 is 1.76. The second-order valence-electron chi connectivity index (χ2n) is 5.41. The first-order chi connectivity index (χ1) is 11.7. The molecule has 0 aliphatic carbocycles. The van der Waals surface area contributed by atoms with E-state index in [1.165, 1.54) is 4.88 Å². The highest BCUT2D eigenvalue weighted by Crippen LogP contribution is 2.16. The van der Waals surface area contributed by atoms with Crippen LogP contribution in [0.4, 0.5) is 0 Å². The molecule has 0 bridgehead atoms. The van der Waals surface area contributed by atoms with Crippen molar-refractivity contribution in [3.05, 3.63) is 39.7 Å². The average molecular weight is 478 g/mol. The number of nitrogens with one attached hydrogen (secondary N) is 2. The Morgan fingerprint density at radius 2 is 2.04 bits per heavy atom. The molecule has 2 aromatic heterocycles. The Kier molecular flexibility index (Phi) is 10.7. The van der Waals surface area contributed by atoms with Gasteiger partial charge >= 0.3 is 0 Å². The summed E-state index contributed by atoms with van der Waals surface area (Å²) in [4.78, 5) is 10.4. The number of guanidine groups is 1. The van der Waals surface area contributed by atoms with Crippen LogP contribution >= 0.6 is 35.3 Å². The van der Waals surface area contributed by atoms with E-state index in [4.69, 9.17) is 9.15 Å². The molecule has 0 spiro atoms. The molecule has 0 aliphatic heterocycles. The maximum atomic E-state index is 5.34. The number of ether oxygens (including phenoxy) is 1. The topological polar surface area (TPSA) is 71.7 Å². The molecule has 0 fully saturated rings. The van der Waals surface area contributed by atoms with Gasteiger partial charge in [-0.15, -0.1) is 35.3 Å². The summed E-state index contributed by atoms with van der Waals surface area (Å²) in [6, 6.07) is 3.88. The van der Waals surface area contributed by atoms with Gasteiger partial charge in [-0.2, -0.15) is 0 Å². The Morgan fingerprint density at radius 1 is 1.28 bits per heavy atom. The molecule has 2 rings (SSSR count). The normalized spacial score (nSPS) is 11.2. The second-order valence-corrected chi connectivity index (χ2v) is 6.69. The van der Waals surface area contributed by atoms with Gasteiger partial charge in [-0.3, -0.25) is 4.99 Å². The first kappa shape index (κ1) is 21.9. The van der Waals surface area contributed by atoms with Gasteiger partial charge in [-0.1, -0.05) is 0 Å². The van der Waals surface area contributed by atoms with Gasteiger partial charge in [0.05, 0.1) is 30.1 Å². The van der Waals surface area contributed by atoms with Crippen LogP contribution < -0.4 is 10.6 Å². The third-order valence-electron chi connectivity index (χ3n) is 3.51. The minimum atomic E-state index is 0. The Labute approximate surface area is 170 Å². The zero-order valence-corrected chi connectivity index (χ0v) is 18.1. The first-order valence-corrected chi connectivity index (χ1v) is 8.97. The van der Waals surface area contributed by atoms with E-state index in [-0.39, 0.29) is 24.0 Å². The van der Waals surface area contributed by atoms with Gasteiger partial charge in [0.2, 0.25) is 0 Å². The summed E-state index contributed by atoms with van der Waals surface area (Å²) < 4.78 is 10.4. The third kappa shape index (κ3) is 8.19. The van der Waals surface area contributed by atoms with Gasteiger partial charge in [0.1, 0.15) is 5.76 Å². The molecular weight excluding hydrogens is 451 g/mol. The van der Waals surface area contributed by atoms with Crippen molar-refractivity contribution in [3.8, 4) is 0 Å². The average Bonchev–Trinajstić information content (AvgIpc) is 3.18. The second kappa shape index (κ2) is 12.3. The molecule has 0 amide bonds. The number of hydrogen-bond donors (Lipinski definition) is 2. The minimum Gasteiger partial charge on any atom is -0.469 e. The quantitative estimate of drug-likeness (QED) is 0.251. The van der Waals surface area contributed by atoms with Crippen molar-refractivity contribution in [3.63, 3.8) is 0 Å². The number of methoxy groups -OCH3 is 1. The summed E-state index contributed by atoms with van der Waals surface area (Å²) in [5, 5.41) is 7.84. The SMILES string of the molecule is COCCN=C(NCCc1ccco1)NCCc1nc(C)c(C)s1.I. The molecule has 0 atom stereocenters. The smallest absolute Gasteiger partial charge is 0.191 e. The molecule has 2 N–H and O–H groups in total. The molecular formula is C17H27IN4O2S. The lowest BCUT2D eigenvalue weighted by Crippen LogP contribution is -2.39. The highest BCUT2D eigenvalue weighted by Gasteiger charge is 2.05. The number of thiazole rings is 1. The van der Waals surface area contributed by atoms with Gasteiger partial charge in [-0.05, 0) is 26.0 Å². The van der Waals surface area contributed by atoms with Crippen LogP contribution in [-0.2, 0) is 17.6 Å². The molecule has 140 valence electrons. The summed E-state index contributed by atoms with van der Waals surface area (Å²) in [5.41, 5.74) is 1.13. The summed E-state index contributed by atoms with van der Waals surface area (Å²) in [5.74, 6) is 1.76. The first-order valence-electron chi connectivity index (χ1n) is 8.15. The Hall–Kier alpha value is -1.13. The van der Waals surface area contributed by atoms with Crippen LogP contribution in [0, 0.1) is 13.8 Å². The Bertz CT molecular complexity index is 609. The van der Waals surface area contributed by atoms with Gasteiger partial charge in [0.25, 0.3) is 0 Å². The summed E-state index contributed by atoms with van der Waals surface area (Å²) in [7, 11) is 1.68. The Morgan fingerprint density at radius 3 is 2.64 bits per heavy atom. The van der Waals surface area contributed by atoms with Crippen LogP contribution in [-0.4, -0.2) is 44.3 Å². The van der Waals surface area contributed by atoms with E-state index in [0.29, 0.717) is 13.2 Å². The standard InChI is InChI=1S/C17H26N4O2S.HI/c1-13-14(2)24-16(21-13)7-9-19-17(20-10-12-22-3)18-8-6-15-5-4-11-23-15;/h4-5,11H,6-10,12H2,1-3H3,(H2,18,19,20);1H. The number of hydrogen-bond acceptors (Lipinski definition) is 5. The van der Waals surface area contributed by atoms with Crippen molar-refractivity contribution in [2.45, 2.75) is 26.7 Å². The molecule has 0 saturated carbocycles. The Balaban J connectivity index is 0.00000312. The van der Waals surface area contributed by atoms with Crippen molar-refractivity contribution >= 4 is 41.3 Å². The lowest BCUT2D eigenvalue weighted by molar-refractivity contribution is 0.208. The van der Waals surface area contributed by atoms with Gasteiger partial charge in [-0.25, -0.2) is 4.98 Å². The zero-order chi connectivity index (χ0) is 17.2. The molecule has 2 heterocycles. The fraction of sp³-hybridized carbons (Fsp3) is 0.529. The number of aryl methyl sites for hydroxylation is 2. The summed E-state index contributed by atoms with van der Waals surface area (Å²) in [6.07, 6.45) is 3.41. The lowest BCUT2D eigenvalue weighted by atomic mass is 10.3. The molecule has 2 aromatic rings. The zero-order valence-electron chi connectivity index (χ0n) is 15.0. The molecule has 6 nitrogen and oxygen atoms in total. The van der Waals surface area contributed by atoms with E-state index in [2.05, 4.69) is 34.5 Å². The highest BCUT2D eigenvalue weighted by molar-refractivity contribution is 14.0. The van der Waals surface area contributed by atoms with Crippen molar-refractivity contribution in [1.82, 2.24) is 15.6 Å². The van der Waals surface area contributed by atoms with Crippen molar-refractivity contribution in [1.29, 1.82) is 0 Å². The highest BCUT2D eigenvalue weighted by atomic mass is 127. The van der Waals surface area contributed by atoms with Crippen molar-refractivity contribution in [2.75, 3.05) is 33.4 Å². The number of halogens is 1. The van der Waals surface area contributed by atoms with Gasteiger partial charge < -0.3 is 19.8 Å². The van der Waals surface area contributed by atoms with E-state index in [1.807, 2.05) is 12.1 Å². The summed E-state index contributed by atoms with van der Waals surface area (Å²) in [6.45, 7) is 6.96. The number of aliphatic imine (C=N–C) groups is 1. The van der Waals surface area contributed by atoms with Gasteiger partial charge in [0, 0.05) is 37.9 Å². The minimum absolute atomic E-state index is 0. The van der Waals surface area contributed by atoms with E-state index < -0.39 is 0 Å². The van der Waals surface area contributed by atoms with Gasteiger partial charge in [0.15, 0.2) is 5.96 Å². The molecule has 0 unspecified atom stereocenters. The lowest BCUT2D eigenvalue weighted by Gasteiger charge is -2.11. The van der Waals surface area contributed by atoms with Crippen LogP contribution in [0.2, 0.25) is 0 Å². The molecule has 0 aliphatic rings. The molecule has 0 saturated heterocycles. The van der Waals surface area contributed by atoms with Crippen molar-refractivity contribution < 1.29 is 9.15 Å². The van der Waals surface area contributed by atoms with E-state index in [0.717, 1.165) is 48.4 Å². The fourth-order valence-electron chi connectivity index (χ4n) is 2.12.